The Bertz CT molecular complexity index is 646. The Balaban J connectivity index is 2.06. The largest absolute Gasteiger partial charge is 0.481 e. The van der Waals surface area contributed by atoms with E-state index in [-0.39, 0.29) is 12.3 Å². The van der Waals surface area contributed by atoms with Gasteiger partial charge in [-0.3, -0.25) is 4.79 Å². The minimum Gasteiger partial charge on any atom is -0.481 e. The number of rotatable bonds is 3. The Morgan fingerprint density at radius 1 is 1.40 bits per heavy atom. The summed E-state index contributed by atoms with van der Waals surface area (Å²) < 4.78 is 29.6. The van der Waals surface area contributed by atoms with Crippen LogP contribution in [0.1, 0.15) is 18.9 Å². The van der Waals surface area contributed by atoms with Crippen LogP contribution < -0.4 is 4.74 Å². The molecule has 1 aromatic rings. The number of hydrogen-bond donors (Lipinski definition) is 0. The van der Waals surface area contributed by atoms with Gasteiger partial charge in [0.05, 0.1) is 17.4 Å². The van der Waals surface area contributed by atoms with Gasteiger partial charge < -0.3 is 4.74 Å². The van der Waals surface area contributed by atoms with Crippen LogP contribution >= 0.6 is 0 Å². The monoisotopic (exact) mass is 294 g/mol. The lowest BCUT2D eigenvalue weighted by Crippen LogP contribution is -2.41. The van der Waals surface area contributed by atoms with Crippen molar-refractivity contribution in [3.05, 3.63) is 29.8 Å². The zero-order valence-corrected chi connectivity index (χ0v) is 11.8. The van der Waals surface area contributed by atoms with Crippen LogP contribution in [0.15, 0.2) is 24.3 Å². The van der Waals surface area contributed by atoms with Gasteiger partial charge in [-0.05, 0) is 37.6 Å². The van der Waals surface area contributed by atoms with Crippen molar-refractivity contribution in [3.63, 3.8) is 0 Å². The number of sulfonamides is 1. The summed E-state index contributed by atoms with van der Waals surface area (Å²) in [6.45, 7) is 1.72. The van der Waals surface area contributed by atoms with Gasteiger partial charge in [0.15, 0.2) is 6.10 Å². The average Bonchev–Trinajstić information content (AvgIpc) is 2.78. The fourth-order valence-corrected chi connectivity index (χ4v) is 3.50. The molecule has 1 heterocycles. The summed E-state index contributed by atoms with van der Waals surface area (Å²) >= 11 is 0. The Kier molecular flexibility index (Phi) is 3.95. The van der Waals surface area contributed by atoms with Gasteiger partial charge in [0.25, 0.3) is 5.91 Å². The quantitative estimate of drug-likeness (QED) is 0.826. The van der Waals surface area contributed by atoms with Gasteiger partial charge >= 0.3 is 0 Å². The molecule has 1 aliphatic heterocycles. The van der Waals surface area contributed by atoms with Gasteiger partial charge in [-0.1, -0.05) is 0 Å². The maximum atomic E-state index is 12.1. The molecule has 1 atom stereocenters. The van der Waals surface area contributed by atoms with E-state index >= 15 is 0 Å². The number of nitrogens with zero attached hydrogens (tertiary/aromatic N) is 2. The number of ether oxygens (including phenoxy) is 1. The van der Waals surface area contributed by atoms with Crippen molar-refractivity contribution >= 4 is 15.9 Å². The van der Waals surface area contributed by atoms with Crippen LogP contribution in [-0.4, -0.2) is 37.0 Å². The van der Waals surface area contributed by atoms with E-state index in [4.69, 9.17) is 10.00 Å². The standard InChI is InChI=1S/C13H14N2O4S/c1-10(13(16)15-7-2-8-20(15,17)18)19-12-5-3-11(9-14)4-6-12/h3-6,10H,2,7-8H2,1H3/t10-/m1/s1. The van der Waals surface area contributed by atoms with E-state index in [2.05, 4.69) is 0 Å². The van der Waals surface area contributed by atoms with Gasteiger partial charge in [0, 0.05) is 6.54 Å². The molecule has 0 unspecified atom stereocenters. The third kappa shape index (κ3) is 2.91. The van der Waals surface area contributed by atoms with E-state index in [1.807, 2.05) is 6.07 Å². The lowest BCUT2D eigenvalue weighted by molar-refractivity contribution is -0.132. The van der Waals surface area contributed by atoms with E-state index < -0.39 is 22.0 Å². The summed E-state index contributed by atoms with van der Waals surface area (Å²) in [7, 11) is -3.47. The summed E-state index contributed by atoms with van der Waals surface area (Å²) in [5, 5.41) is 8.68. The predicted octanol–water partition coefficient (Wildman–Crippen LogP) is 0.888. The Labute approximate surface area is 117 Å². The third-order valence-corrected chi connectivity index (χ3v) is 4.83. The SMILES string of the molecule is C[C@@H](Oc1ccc(C#N)cc1)C(=O)N1CCCS1(=O)=O. The zero-order chi connectivity index (χ0) is 14.8. The van der Waals surface area contributed by atoms with E-state index in [9.17, 15) is 13.2 Å². The van der Waals surface area contributed by atoms with Crippen LogP contribution in [0.4, 0.5) is 0 Å². The minimum atomic E-state index is -3.47. The summed E-state index contributed by atoms with van der Waals surface area (Å²) in [6, 6.07) is 8.25. The molecule has 1 fully saturated rings. The van der Waals surface area contributed by atoms with E-state index in [0.29, 0.717) is 17.7 Å². The summed E-state index contributed by atoms with van der Waals surface area (Å²) in [6.07, 6.45) is -0.437. The highest BCUT2D eigenvalue weighted by atomic mass is 32.2. The second kappa shape index (κ2) is 5.51. The molecule has 1 aromatic carbocycles. The first kappa shape index (κ1) is 14.3. The third-order valence-electron chi connectivity index (χ3n) is 2.99. The van der Waals surface area contributed by atoms with Crippen LogP contribution in [-0.2, 0) is 14.8 Å². The molecule has 0 bridgehead atoms. The smallest absolute Gasteiger partial charge is 0.276 e. The number of nitriles is 1. The van der Waals surface area contributed by atoms with Gasteiger partial charge in [0.2, 0.25) is 10.0 Å². The number of carbonyl (C=O) groups is 1. The maximum absolute atomic E-state index is 12.1. The van der Waals surface area contributed by atoms with Crippen molar-refractivity contribution in [2.45, 2.75) is 19.4 Å². The fraction of sp³-hybridized carbons (Fsp3) is 0.385. The number of amides is 1. The molecule has 0 saturated carbocycles. The Morgan fingerprint density at radius 2 is 2.05 bits per heavy atom. The molecular weight excluding hydrogens is 280 g/mol. The molecule has 2 rings (SSSR count). The summed E-state index contributed by atoms with van der Waals surface area (Å²) in [5.74, 6) is -0.143. The number of benzene rings is 1. The van der Waals surface area contributed by atoms with Crippen molar-refractivity contribution in [2.24, 2.45) is 0 Å². The second-order valence-corrected chi connectivity index (χ2v) is 6.49. The first-order valence-corrected chi connectivity index (χ1v) is 7.76. The average molecular weight is 294 g/mol. The fourth-order valence-electron chi connectivity index (χ4n) is 1.95. The van der Waals surface area contributed by atoms with Crippen LogP contribution in [0, 0.1) is 11.3 Å². The molecule has 106 valence electrons. The molecule has 0 radical (unpaired) electrons. The van der Waals surface area contributed by atoms with Crippen molar-refractivity contribution < 1.29 is 17.9 Å². The highest BCUT2D eigenvalue weighted by Gasteiger charge is 2.35. The molecule has 0 N–H and O–H groups in total. The first-order valence-electron chi connectivity index (χ1n) is 6.15. The predicted molar refractivity (Wildman–Crippen MR) is 71.4 cm³/mol. The zero-order valence-electron chi connectivity index (χ0n) is 10.9. The molecule has 1 saturated heterocycles. The molecule has 0 aliphatic carbocycles. The molecule has 20 heavy (non-hydrogen) atoms. The van der Waals surface area contributed by atoms with Crippen LogP contribution in [0.3, 0.4) is 0 Å². The number of hydrogen-bond acceptors (Lipinski definition) is 5. The van der Waals surface area contributed by atoms with Gasteiger partial charge in [-0.2, -0.15) is 5.26 Å². The second-order valence-electron chi connectivity index (χ2n) is 4.48. The van der Waals surface area contributed by atoms with E-state index in [1.165, 1.54) is 6.92 Å². The van der Waals surface area contributed by atoms with Crippen molar-refractivity contribution in [3.8, 4) is 11.8 Å². The highest BCUT2D eigenvalue weighted by Crippen LogP contribution is 2.18. The van der Waals surface area contributed by atoms with Crippen molar-refractivity contribution in [2.75, 3.05) is 12.3 Å². The van der Waals surface area contributed by atoms with Crippen molar-refractivity contribution in [1.29, 1.82) is 5.26 Å². The normalized spacial score (nSPS) is 18.3. The van der Waals surface area contributed by atoms with E-state index in [0.717, 1.165) is 4.31 Å². The first-order chi connectivity index (χ1) is 9.44. The lowest BCUT2D eigenvalue weighted by atomic mass is 10.2. The maximum Gasteiger partial charge on any atom is 0.276 e. The molecule has 1 aliphatic rings. The van der Waals surface area contributed by atoms with E-state index in [1.54, 1.807) is 24.3 Å². The van der Waals surface area contributed by atoms with Gasteiger partial charge in [0.1, 0.15) is 5.75 Å². The molecule has 6 nitrogen and oxygen atoms in total. The molecule has 1 amide bonds. The molecule has 0 aromatic heterocycles. The molecular formula is C13H14N2O4S. The van der Waals surface area contributed by atoms with Gasteiger partial charge in [-0.25, -0.2) is 12.7 Å². The Hall–Kier alpha value is -2.07. The molecule has 7 heteroatoms. The summed E-state index contributed by atoms with van der Waals surface area (Å²) in [4.78, 5) is 12.1. The van der Waals surface area contributed by atoms with Crippen LogP contribution in [0.5, 0.6) is 5.75 Å². The topological polar surface area (TPSA) is 87.5 Å². The Morgan fingerprint density at radius 3 is 2.55 bits per heavy atom. The summed E-state index contributed by atoms with van der Waals surface area (Å²) in [5.41, 5.74) is 0.485. The molecule has 0 spiro atoms. The highest BCUT2D eigenvalue weighted by molar-refractivity contribution is 7.89. The number of carbonyl (C=O) groups excluding carboxylic acids is 1. The lowest BCUT2D eigenvalue weighted by Gasteiger charge is -2.20. The van der Waals surface area contributed by atoms with Gasteiger partial charge in [-0.15, -0.1) is 0 Å². The minimum absolute atomic E-state index is 0.00231. The van der Waals surface area contributed by atoms with Crippen LogP contribution in [0.2, 0.25) is 0 Å². The van der Waals surface area contributed by atoms with Crippen molar-refractivity contribution in [1.82, 2.24) is 4.31 Å². The van der Waals surface area contributed by atoms with Crippen LogP contribution in [0.25, 0.3) is 0 Å².